The monoisotopic (exact) mass is 771 g/mol. The van der Waals surface area contributed by atoms with Gasteiger partial charge in [0.15, 0.2) is 5.78 Å². The lowest BCUT2D eigenvalue weighted by Crippen LogP contribution is -2.43. The third-order valence-electron chi connectivity index (χ3n) is 17.6. The van der Waals surface area contributed by atoms with E-state index in [1.165, 1.54) is 154 Å². The number of hydrogen-bond donors (Lipinski definition) is 0. The Labute approximate surface area is 347 Å². The molecular formula is C55H66N2O. The van der Waals surface area contributed by atoms with Gasteiger partial charge in [-0.3, -0.25) is 9.78 Å². The largest absolute Gasteiger partial charge is 0.306 e. The summed E-state index contributed by atoms with van der Waals surface area (Å²) in [5.41, 5.74) is 16.6. The van der Waals surface area contributed by atoms with E-state index in [4.69, 9.17) is 4.98 Å². The molecule has 2 spiro atoms. The van der Waals surface area contributed by atoms with E-state index in [-0.39, 0.29) is 21.7 Å². The predicted molar refractivity (Wildman–Crippen MR) is 244 cm³/mol. The molecule has 3 aromatic carbocycles. The molecular weight excluding hydrogens is 705 g/mol. The lowest BCUT2D eigenvalue weighted by atomic mass is 9.54. The van der Waals surface area contributed by atoms with E-state index in [0.29, 0.717) is 23.5 Å². The van der Waals surface area contributed by atoms with Gasteiger partial charge in [-0.25, -0.2) is 0 Å². The quantitative estimate of drug-likeness (QED) is 0.179. The average molecular weight is 771 g/mol. The number of hydrogen-bond acceptors (Lipinski definition) is 2. The normalized spacial score (nSPS) is 25.4. The van der Waals surface area contributed by atoms with Crippen molar-refractivity contribution in [3.63, 3.8) is 0 Å². The van der Waals surface area contributed by atoms with Gasteiger partial charge in [0.2, 0.25) is 0 Å². The van der Waals surface area contributed by atoms with E-state index < -0.39 is 0 Å². The second kappa shape index (κ2) is 12.7. The molecule has 6 aromatic rings. The smallest absolute Gasteiger partial charge is 0.169 e. The highest BCUT2D eigenvalue weighted by atomic mass is 16.1. The summed E-state index contributed by atoms with van der Waals surface area (Å²) < 4.78 is 2.60. The average Bonchev–Trinajstić information content (AvgIpc) is 3.69. The Kier molecular flexibility index (Phi) is 8.14. The van der Waals surface area contributed by atoms with Crippen LogP contribution in [0.2, 0.25) is 0 Å². The highest BCUT2D eigenvalue weighted by Crippen LogP contribution is 2.60. The summed E-state index contributed by atoms with van der Waals surface area (Å²) in [5, 5.41) is 5.59. The van der Waals surface area contributed by atoms with E-state index >= 15 is 0 Å². The van der Waals surface area contributed by atoms with Crippen LogP contribution >= 0.6 is 0 Å². The van der Waals surface area contributed by atoms with Crippen molar-refractivity contribution in [3.05, 3.63) is 81.7 Å². The van der Waals surface area contributed by atoms with Crippen LogP contribution in [0.15, 0.2) is 42.6 Å². The zero-order valence-corrected chi connectivity index (χ0v) is 36.9. The predicted octanol–water partition coefficient (Wildman–Crippen LogP) is 15.5. The number of carbonyl (C=O) groups is 1. The van der Waals surface area contributed by atoms with Crippen LogP contribution in [0.3, 0.4) is 0 Å². The van der Waals surface area contributed by atoms with Gasteiger partial charge in [-0.2, -0.15) is 0 Å². The molecule has 3 heteroatoms. The maximum Gasteiger partial charge on any atom is 0.169 e. The minimum atomic E-state index is -0.267. The Bertz CT molecular complexity index is 2630. The second-order valence-corrected chi connectivity index (χ2v) is 22.1. The number of Topliss-reactive ketones (excluding diaryl/α,β-unsaturated/α-hetero) is 1. The maximum absolute atomic E-state index is 14.7. The van der Waals surface area contributed by atoms with Crippen molar-refractivity contribution in [2.24, 2.45) is 5.41 Å². The topological polar surface area (TPSA) is 34.4 Å². The highest BCUT2D eigenvalue weighted by Gasteiger charge is 2.51. The molecule has 6 aliphatic carbocycles. The number of pyridine rings is 1. The van der Waals surface area contributed by atoms with Crippen molar-refractivity contribution >= 4 is 43.9 Å². The molecule has 3 aromatic heterocycles. The van der Waals surface area contributed by atoms with Crippen LogP contribution in [0, 0.1) is 5.41 Å². The van der Waals surface area contributed by atoms with Crippen LogP contribution in [0.25, 0.3) is 49.2 Å². The first-order valence-electron chi connectivity index (χ1n) is 23.7. The first-order valence-corrected chi connectivity index (χ1v) is 23.7. The molecule has 3 nitrogen and oxygen atoms in total. The molecule has 0 atom stereocenters. The van der Waals surface area contributed by atoms with Gasteiger partial charge in [-0.1, -0.05) is 106 Å². The van der Waals surface area contributed by atoms with Crippen LogP contribution in [-0.2, 0) is 16.2 Å². The van der Waals surface area contributed by atoms with E-state index in [2.05, 4.69) is 102 Å². The lowest BCUT2D eigenvalue weighted by molar-refractivity contribution is 0.0732. The number of ketones is 1. The van der Waals surface area contributed by atoms with E-state index in [0.717, 1.165) is 31.2 Å². The minimum absolute atomic E-state index is 0.0245. The molecule has 0 saturated heterocycles. The molecule has 3 saturated carbocycles. The van der Waals surface area contributed by atoms with Crippen molar-refractivity contribution in [3.8, 4) is 11.1 Å². The van der Waals surface area contributed by atoms with Gasteiger partial charge in [0.05, 0.1) is 28.4 Å². The fourth-order valence-corrected chi connectivity index (χ4v) is 14.0. The van der Waals surface area contributed by atoms with Crippen LogP contribution in [0.1, 0.15) is 220 Å². The number of nitrogens with zero attached hydrogens (tertiary/aromatic N) is 2. The summed E-state index contributed by atoms with van der Waals surface area (Å²) in [5.74, 6) is 1.65. The summed E-state index contributed by atoms with van der Waals surface area (Å²) in [6.45, 7) is 19.0. The number of carbonyl (C=O) groups excluding carboxylic acids is 1. The Hall–Kier alpha value is -3.72. The minimum Gasteiger partial charge on any atom is -0.306 e. The SMILES string of the molecule is CC(C)c1cc(C(C)C)c(-c2cc3c4cc5c(cc4n4c6cnc7c(c6c(c2)c34)C2(CCCCC2)CCC72CCCCC2)C(=O)C2(C)CCC5(C)CC2)c(C(C)C)c1. The van der Waals surface area contributed by atoms with E-state index in [1.54, 1.807) is 5.56 Å². The van der Waals surface area contributed by atoms with Crippen molar-refractivity contribution in [2.45, 2.75) is 192 Å². The van der Waals surface area contributed by atoms with Gasteiger partial charge in [-0.05, 0) is 156 Å². The standard InChI is InChI=1S/C55H66N2O/c1-32(2)35-25-37(33(3)4)46(38(26-35)34(5)6)36-27-40-39-29-43-41(51(58)53(8)21-19-52(43,7)20-22-53)30-44(39)57-45-31-56-50-48(47(45)42(28-36)49(40)57)54(15-11-9-12-16-54)23-24-55(50)17-13-10-14-18-55/h25-34H,9-24H2,1-8H3. The Morgan fingerprint density at radius 2 is 1.17 bits per heavy atom. The summed E-state index contributed by atoms with van der Waals surface area (Å²) in [4.78, 5) is 20.5. The number of benzene rings is 3. The van der Waals surface area contributed by atoms with Gasteiger partial charge in [0.1, 0.15) is 0 Å². The molecule has 58 heavy (non-hydrogen) atoms. The van der Waals surface area contributed by atoms with E-state index in [1.807, 2.05) is 0 Å². The zero-order valence-electron chi connectivity index (χ0n) is 36.9. The van der Waals surface area contributed by atoms with Crippen molar-refractivity contribution in [1.82, 2.24) is 9.38 Å². The summed E-state index contributed by atoms with van der Waals surface area (Å²) >= 11 is 0. The van der Waals surface area contributed by atoms with Gasteiger partial charge in [-0.15, -0.1) is 0 Å². The van der Waals surface area contributed by atoms with Gasteiger partial charge < -0.3 is 4.40 Å². The Morgan fingerprint density at radius 1 is 0.586 bits per heavy atom. The Morgan fingerprint density at radius 3 is 1.79 bits per heavy atom. The number of fused-ring (bicyclic) bond motifs is 12. The first kappa shape index (κ1) is 37.3. The molecule has 0 N–H and O–H groups in total. The number of rotatable bonds is 4. The van der Waals surface area contributed by atoms with Gasteiger partial charge >= 0.3 is 0 Å². The van der Waals surface area contributed by atoms with E-state index in [9.17, 15) is 4.79 Å². The lowest BCUT2D eigenvalue weighted by Gasteiger charge is -2.50. The summed E-state index contributed by atoms with van der Waals surface area (Å²) in [6.07, 6.45) is 22.2. The molecule has 0 amide bonds. The van der Waals surface area contributed by atoms with Crippen molar-refractivity contribution in [2.75, 3.05) is 0 Å². The third kappa shape index (κ3) is 4.97. The highest BCUT2D eigenvalue weighted by molar-refractivity contribution is 6.26. The molecule has 12 rings (SSSR count). The molecule has 302 valence electrons. The number of aromatic nitrogens is 2. The molecule has 0 unspecified atom stereocenters. The molecule has 2 bridgehead atoms. The molecule has 0 aliphatic heterocycles. The van der Waals surface area contributed by atoms with Crippen molar-refractivity contribution in [1.29, 1.82) is 0 Å². The first-order chi connectivity index (χ1) is 27.8. The van der Waals surface area contributed by atoms with Crippen LogP contribution in [0.4, 0.5) is 0 Å². The second-order valence-electron chi connectivity index (χ2n) is 22.1. The molecule has 6 aliphatic rings. The molecule has 0 radical (unpaired) electrons. The summed E-state index contributed by atoms with van der Waals surface area (Å²) in [6, 6.07) is 15.2. The maximum atomic E-state index is 14.7. The molecule has 3 fully saturated rings. The summed E-state index contributed by atoms with van der Waals surface area (Å²) in [7, 11) is 0. The van der Waals surface area contributed by atoms with Crippen molar-refractivity contribution < 1.29 is 4.79 Å². The molecule has 3 heterocycles. The Balaban J connectivity index is 1.32. The van der Waals surface area contributed by atoms with Crippen LogP contribution in [-0.4, -0.2) is 15.2 Å². The van der Waals surface area contributed by atoms with Gasteiger partial charge in [0.25, 0.3) is 0 Å². The fraction of sp³-hybridized carbons (Fsp3) is 0.564. The third-order valence-corrected chi connectivity index (χ3v) is 17.6. The fourth-order valence-electron chi connectivity index (χ4n) is 14.0. The zero-order chi connectivity index (χ0) is 40.1. The van der Waals surface area contributed by atoms with Crippen LogP contribution < -0.4 is 0 Å². The van der Waals surface area contributed by atoms with Gasteiger partial charge in [0, 0.05) is 37.9 Å². The van der Waals surface area contributed by atoms with Crippen LogP contribution in [0.5, 0.6) is 0 Å².